The molecule has 3 aromatic rings. The summed E-state index contributed by atoms with van der Waals surface area (Å²) in [5.41, 5.74) is -0.256. The van der Waals surface area contributed by atoms with Gasteiger partial charge >= 0.3 is 6.03 Å². The lowest BCUT2D eigenvalue weighted by Crippen LogP contribution is -2.27. The summed E-state index contributed by atoms with van der Waals surface area (Å²) in [6.45, 7) is 0. The molecule has 0 aliphatic heterocycles. The highest BCUT2D eigenvalue weighted by Gasteiger charge is 2.15. The van der Waals surface area contributed by atoms with Crippen LogP contribution >= 0.6 is 0 Å². The predicted octanol–water partition coefficient (Wildman–Crippen LogP) is 3.75. The highest BCUT2D eigenvalue weighted by atomic mass is 19.1. The Kier molecular flexibility index (Phi) is 7.81. The maximum atomic E-state index is 14.5. The number of hydrogen-bond donors (Lipinski definition) is 3. The van der Waals surface area contributed by atoms with Crippen LogP contribution in [0.2, 0.25) is 0 Å². The van der Waals surface area contributed by atoms with Crippen molar-refractivity contribution in [2.75, 3.05) is 30.0 Å². The van der Waals surface area contributed by atoms with Crippen LogP contribution in [0.5, 0.6) is 11.6 Å². The SMILES string of the molecule is CN(C)C(=O)Nc1cc(Oc2ccc(NC(=O)CC(=O)Nc3ccc(F)cc3F)cc2F)ncn1. The van der Waals surface area contributed by atoms with Gasteiger partial charge in [-0.1, -0.05) is 0 Å². The van der Waals surface area contributed by atoms with Gasteiger partial charge in [-0.2, -0.15) is 0 Å². The number of carbonyl (C=O) groups excluding carboxylic acids is 3. The predicted molar refractivity (Wildman–Crippen MR) is 119 cm³/mol. The average Bonchev–Trinajstić information content (AvgIpc) is 2.77. The molecular weight excluding hydrogens is 469 g/mol. The van der Waals surface area contributed by atoms with E-state index in [4.69, 9.17) is 4.74 Å². The van der Waals surface area contributed by atoms with Gasteiger partial charge in [-0.25, -0.2) is 27.9 Å². The van der Waals surface area contributed by atoms with E-state index < -0.39 is 41.7 Å². The van der Waals surface area contributed by atoms with Crippen LogP contribution in [-0.4, -0.2) is 46.8 Å². The molecule has 0 radical (unpaired) electrons. The number of amides is 4. The molecule has 0 atom stereocenters. The zero-order chi connectivity index (χ0) is 25.5. The summed E-state index contributed by atoms with van der Waals surface area (Å²) in [5, 5.41) is 6.97. The molecule has 0 spiro atoms. The summed E-state index contributed by atoms with van der Waals surface area (Å²) < 4.78 is 46.4. The smallest absolute Gasteiger partial charge is 0.322 e. The molecule has 3 rings (SSSR count). The topological polar surface area (TPSA) is 126 Å². The minimum atomic E-state index is -0.993. The fourth-order valence-electron chi connectivity index (χ4n) is 2.60. The third kappa shape index (κ3) is 7.15. The minimum absolute atomic E-state index is 0.0298. The maximum Gasteiger partial charge on any atom is 0.322 e. The second-order valence-electron chi connectivity index (χ2n) is 7.21. The van der Waals surface area contributed by atoms with E-state index in [1.807, 2.05) is 0 Å². The van der Waals surface area contributed by atoms with Gasteiger partial charge in [-0.15, -0.1) is 0 Å². The number of urea groups is 1. The van der Waals surface area contributed by atoms with E-state index in [9.17, 15) is 27.6 Å². The fourth-order valence-corrected chi connectivity index (χ4v) is 2.60. The number of anilines is 3. The molecule has 1 heterocycles. The molecule has 13 heteroatoms. The van der Waals surface area contributed by atoms with Crippen molar-refractivity contribution >= 4 is 35.0 Å². The molecule has 0 unspecified atom stereocenters. The lowest BCUT2D eigenvalue weighted by Gasteiger charge is -2.12. The molecule has 4 amide bonds. The molecule has 2 aromatic carbocycles. The number of aromatic nitrogens is 2. The first-order chi connectivity index (χ1) is 16.6. The van der Waals surface area contributed by atoms with Gasteiger partial charge in [0.05, 0.1) is 5.69 Å². The summed E-state index contributed by atoms with van der Waals surface area (Å²) in [4.78, 5) is 44.7. The Labute approximate surface area is 197 Å². The van der Waals surface area contributed by atoms with E-state index in [0.717, 1.165) is 24.5 Å². The molecular formula is C22H19F3N6O4. The summed E-state index contributed by atoms with van der Waals surface area (Å²) in [6.07, 6.45) is 0.426. The van der Waals surface area contributed by atoms with Crippen molar-refractivity contribution in [1.29, 1.82) is 0 Å². The summed E-state index contributed by atoms with van der Waals surface area (Å²) >= 11 is 0. The molecule has 0 fully saturated rings. The van der Waals surface area contributed by atoms with E-state index in [1.54, 1.807) is 14.1 Å². The number of benzene rings is 2. The van der Waals surface area contributed by atoms with Gasteiger partial charge in [-0.05, 0) is 24.3 Å². The number of nitrogens with zero attached hydrogens (tertiary/aromatic N) is 3. The molecule has 0 aliphatic carbocycles. The average molecular weight is 488 g/mol. The van der Waals surface area contributed by atoms with Gasteiger partial charge in [0.1, 0.15) is 30.2 Å². The van der Waals surface area contributed by atoms with Gasteiger partial charge in [-0.3, -0.25) is 14.9 Å². The molecule has 3 N–H and O–H groups in total. The highest BCUT2D eigenvalue weighted by Crippen LogP contribution is 2.26. The van der Waals surface area contributed by atoms with Crippen molar-refractivity contribution in [2.45, 2.75) is 6.42 Å². The van der Waals surface area contributed by atoms with Crippen molar-refractivity contribution in [3.63, 3.8) is 0 Å². The summed E-state index contributed by atoms with van der Waals surface area (Å²) in [7, 11) is 3.09. The van der Waals surface area contributed by atoms with Crippen molar-refractivity contribution in [3.8, 4) is 11.6 Å². The van der Waals surface area contributed by atoms with Crippen molar-refractivity contribution in [2.24, 2.45) is 0 Å². The standard InChI is InChI=1S/C22H19F3N6O4/c1-31(2)22(34)30-18-9-21(27-11-26-18)35-17-6-4-13(8-15(17)25)28-19(32)10-20(33)29-16-5-3-12(23)7-14(16)24/h3-9,11H,10H2,1-2H3,(H,28,32)(H,29,33)(H,26,27,30,34). The molecule has 182 valence electrons. The second-order valence-corrected chi connectivity index (χ2v) is 7.21. The van der Waals surface area contributed by atoms with Gasteiger partial charge in [0.2, 0.25) is 17.7 Å². The quantitative estimate of drug-likeness (QED) is 0.435. The van der Waals surface area contributed by atoms with Crippen LogP contribution in [0.1, 0.15) is 6.42 Å². The van der Waals surface area contributed by atoms with E-state index in [0.29, 0.717) is 6.07 Å². The Balaban J connectivity index is 1.58. The largest absolute Gasteiger partial charge is 0.436 e. The molecule has 0 saturated heterocycles. The van der Waals surface area contributed by atoms with Gasteiger partial charge < -0.3 is 20.3 Å². The van der Waals surface area contributed by atoms with Crippen LogP contribution in [0.3, 0.4) is 0 Å². The Hall–Kier alpha value is -4.68. The zero-order valence-corrected chi connectivity index (χ0v) is 18.4. The minimum Gasteiger partial charge on any atom is -0.436 e. The van der Waals surface area contributed by atoms with Crippen LogP contribution in [0.15, 0.2) is 48.8 Å². The maximum absolute atomic E-state index is 14.5. The van der Waals surface area contributed by atoms with Crippen molar-refractivity contribution < 1.29 is 32.3 Å². The summed E-state index contributed by atoms with van der Waals surface area (Å²) in [5.74, 6) is -4.44. The number of halogens is 3. The molecule has 10 nitrogen and oxygen atoms in total. The monoisotopic (exact) mass is 488 g/mol. The normalized spacial score (nSPS) is 10.3. The van der Waals surface area contributed by atoms with E-state index in [1.165, 1.54) is 23.1 Å². The van der Waals surface area contributed by atoms with Gasteiger partial charge in [0.25, 0.3) is 0 Å². The number of rotatable bonds is 7. The first-order valence-electron chi connectivity index (χ1n) is 9.93. The van der Waals surface area contributed by atoms with Crippen LogP contribution in [0, 0.1) is 17.5 Å². The van der Waals surface area contributed by atoms with E-state index in [-0.39, 0.29) is 28.8 Å². The Morgan fingerprint density at radius 1 is 0.886 bits per heavy atom. The fraction of sp³-hybridized carbons (Fsp3) is 0.136. The highest BCUT2D eigenvalue weighted by molar-refractivity contribution is 6.08. The Bertz CT molecular complexity index is 1270. The lowest BCUT2D eigenvalue weighted by atomic mass is 10.2. The number of carbonyl (C=O) groups is 3. The van der Waals surface area contributed by atoms with Crippen molar-refractivity contribution in [3.05, 3.63) is 66.2 Å². The van der Waals surface area contributed by atoms with Crippen LogP contribution in [-0.2, 0) is 9.59 Å². The zero-order valence-electron chi connectivity index (χ0n) is 18.4. The van der Waals surface area contributed by atoms with Crippen LogP contribution in [0.25, 0.3) is 0 Å². The summed E-state index contributed by atoms with van der Waals surface area (Å²) in [6, 6.07) is 6.92. The lowest BCUT2D eigenvalue weighted by molar-refractivity contribution is -0.123. The van der Waals surface area contributed by atoms with Crippen LogP contribution in [0.4, 0.5) is 35.2 Å². The molecule has 0 saturated carbocycles. The Morgan fingerprint density at radius 3 is 2.31 bits per heavy atom. The molecule has 1 aromatic heterocycles. The first kappa shape index (κ1) is 25.0. The first-order valence-corrected chi connectivity index (χ1v) is 9.93. The van der Waals surface area contributed by atoms with E-state index >= 15 is 0 Å². The third-order valence-corrected chi connectivity index (χ3v) is 4.24. The number of ether oxygens (including phenoxy) is 1. The van der Waals surface area contributed by atoms with Gasteiger partial charge in [0, 0.05) is 38.0 Å². The van der Waals surface area contributed by atoms with Crippen molar-refractivity contribution in [1.82, 2.24) is 14.9 Å². The van der Waals surface area contributed by atoms with Crippen LogP contribution < -0.4 is 20.7 Å². The number of hydrogen-bond acceptors (Lipinski definition) is 6. The third-order valence-electron chi connectivity index (χ3n) is 4.24. The molecule has 0 aliphatic rings. The second kappa shape index (κ2) is 11.0. The Morgan fingerprint density at radius 2 is 1.63 bits per heavy atom. The number of nitrogens with one attached hydrogen (secondary N) is 3. The molecule has 35 heavy (non-hydrogen) atoms. The van der Waals surface area contributed by atoms with Gasteiger partial charge in [0.15, 0.2) is 11.6 Å². The van der Waals surface area contributed by atoms with E-state index in [2.05, 4.69) is 25.9 Å². The molecule has 0 bridgehead atoms.